The highest BCUT2D eigenvalue weighted by molar-refractivity contribution is 14.0. The van der Waals surface area contributed by atoms with Gasteiger partial charge in [0.1, 0.15) is 0 Å². The lowest BCUT2D eigenvalue weighted by molar-refractivity contribution is -0.127. The highest BCUT2D eigenvalue weighted by Crippen LogP contribution is 2.18. The fourth-order valence-electron chi connectivity index (χ4n) is 2.49. The molecule has 2 N–H and O–H groups in total. The topological polar surface area (TPSA) is 72.9 Å². The van der Waals surface area contributed by atoms with Gasteiger partial charge >= 0.3 is 0 Å². The molecule has 1 aliphatic rings. The van der Waals surface area contributed by atoms with Gasteiger partial charge in [-0.3, -0.25) is 4.79 Å². The number of nitrogens with zero attached hydrogens (tertiary/aromatic N) is 4. The first kappa shape index (κ1) is 21.9. The Morgan fingerprint density at radius 1 is 1.44 bits per heavy atom. The van der Waals surface area contributed by atoms with E-state index in [-0.39, 0.29) is 29.9 Å². The van der Waals surface area contributed by atoms with E-state index in [1.54, 1.807) is 11.3 Å². The number of anilines is 1. The minimum atomic E-state index is 0. The number of aliphatic imine (C=N–C) groups is 1. The molecule has 9 heteroatoms. The maximum absolute atomic E-state index is 11.6. The number of halogens is 1. The lowest BCUT2D eigenvalue weighted by Crippen LogP contribution is -2.39. The molecule has 1 saturated heterocycles. The van der Waals surface area contributed by atoms with Gasteiger partial charge in [-0.2, -0.15) is 0 Å². The summed E-state index contributed by atoms with van der Waals surface area (Å²) < 4.78 is 0. The van der Waals surface area contributed by atoms with Gasteiger partial charge in [-0.25, -0.2) is 9.98 Å². The normalized spacial score (nSPS) is 14.4. The van der Waals surface area contributed by atoms with Crippen LogP contribution in [0.4, 0.5) is 5.13 Å². The number of hydrogen-bond donors (Lipinski definition) is 2. The molecule has 25 heavy (non-hydrogen) atoms. The minimum absolute atomic E-state index is 0. The van der Waals surface area contributed by atoms with Crippen LogP contribution >= 0.6 is 35.3 Å². The number of carbonyl (C=O) groups is 1. The first-order chi connectivity index (χ1) is 11.6. The largest absolute Gasteiger partial charge is 0.357 e. The van der Waals surface area contributed by atoms with Crippen molar-refractivity contribution in [1.82, 2.24) is 20.5 Å². The second kappa shape index (κ2) is 11.5. The van der Waals surface area contributed by atoms with E-state index in [1.165, 1.54) is 0 Å². The quantitative estimate of drug-likeness (QED) is 0.258. The summed E-state index contributed by atoms with van der Waals surface area (Å²) in [4.78, 5) is 24.6. The smallest absolute Gasteiger partial charge is 0.222 e. The standard InChI is InChI=1S/C16H28N6OS.HI/c1-4-17-15(18-8-6-10-22-9-5-7-14(22)23)19-11-13-12-24-16(20-13)21(2)3;/h12H,4-11H2,1-3H3,(H2,17,18,19);1H. The second-order valence-corrected chi connectivity index (χ2v) is 6.81. The molecule has 2 heterocycles. The fourth-order valence-corrected chi connectivity index (χ4v) is 3.24. The molecule has 1 aromatic rings. The summed E-state index contributed by atoms with van der Waals surface area (Å²) in [7, 11) is 3.98. The Balaban J connectivity index is 0.00000312. The van der Waals surface area contributed by atoms with Crippen LogP contribution in [0.5, 0.6) is 0 Å². The zero-order chi connectivity index (χ0) is 17.4. The van der Waals surface area contributed by atoms with Gasteiger partial charge in [0.25, 0.3) is 0 Å². The molecule has 2 rings (SSSR count). The van der Waals surface area contributed by atoms with Crippen molar-refractivity contribution >= 4 is 52.3 Å². The van der Waals surface area contributed by atoms with Crippen LogP contribution in [0.15, 0.2) is 10.4 Å². The van der Waals surface area contributed by atoms with Gasteiger partial charge in [-0.1, -0.05) is 0 Å². The monoisotopic (exact) mass is 480 g/mol. The van der Waals surface area contributed by atoms with Gasteiger partial charge in [0, 0.05) is 52.1 Å². The highest BCUT2D eigenvalue weighted by Gasteiger charge is 2.18. The Morgan fingerprint density at radius 2 is 2.24 bits per heavy atom. The summed E-state index contributed by atoms with van der Waals surface area (Å²) in [5.41, 5.74) is 0.976. The third kappa shape index (κ3) is 7.35. The maximum atomic E-state index is 11.6. The average Bonchev–Trinajstić information content (AvgIpc) is 3.18. The van der Waals surface area contributed by atoms with Crippen LogP contribution in [0, 0.1) is 0 Å². The molecule has 0 spiro atoms. The molecule has 0 aromatic carbocycles. The number of carbonyl (C=O) groups excluding carboxylic acids is 1. The lowest BCUT2D eigenvalue weighted by Gasteiger charge is -2.16. The maximum Gasteiger partial charge on any atom is 0.222 e. The van der Waals surface area contributed by atoms with E-state index in [1.807, 2.05) is 36.2 Å². The number of thiazole rings is 1. The van der Waals surface area contributed by atoms with E-state index in [0.717, 1.165) is 55.8 Å². The van der Waals surface area contributed by atoms with E-state index < -0.39 is 0 Å². The summed E-state index contributed by atoms with van der Waals surface area (Å²) in [5.74, 6) is 1.08. The Hall–Kier alpha value is -1.10. The van der Waals surface area contributed by atoms with Crippen LogP contribution in [0.1, 0.15) is 31.9 Å². The van der Waals surface area contributed by atoms with Crippen LogP contribution < -0.4 is 15.5 Å². The number of nitrogens with one attached hydrogen (secondary N) is 2. The van der Waals surface area contributed by atoms with Crippen LogP contribution in [0.25, 0.3) is 0 Å². The van der Waals surface area contributed by atoms with Gasteiger partial charge in [0.2, 0.25) is 5.91 Å². The van der Waals surface area contributed by atoms with E-state index in [2.05, 4.69) is 20.6 Å². The van der Waals surface area contributed by atoms with Gasteiger partial charge in [-0.15, -0.1) is 35.3 Å². The number of amides is 1. The van der Waals surface area contributed by atoms with Gasteiger partial charge in [0.05, 0.1) is 12.2 Å². The van der Waals surface area contributed by atoms with Gasteiger partial charge in [0.15, 0.2) is 11.1 Å². The molecule has 142 valence electrons. The van der Waals surface area contributed by atoms with E-state index >= 15 is 0 Å². The molecule has 1 fully saturated rings. The number of rotatable bonds is 8. The first-order valence-electron chi connectivity index (χ1n) is 8.52. The molecule has 1 aliphatic heterocycles. The van der Waals surface area contributed by atoms with Crippen molar-refractivity contribution in [3.8, 4) is 0 Å². The third-order valence-electron chi connectivity index (χ3n) is 3.73. The van der Waals surface area contributed by atoms with Crippen LogP contribution in [0.3, 0.4) is 0 Å². The zero-order valence-corrected chi connectivity index (χ0v) is 18.4. The summed E-state index contributed by atoms with van der Waals surface area (Å²) in [6.45, 7) is 5.96. The van der Waals surface area contributed by atoms with Crippen molar-refractivity contribution in [3.63, 3.8) is 0 Å². The number of hydrogen-bond acceptors (Lipinski definition) is 5. The Bertz CT molecular complexity index is 563. The van der Waals surface area contributed by atoms with Crippen LogP contribution in [-0.4, -0.2) is 62.0 Å². The summed E-state index contributed by atoms with van der Waals surface area (Å²) in [6.07, 6.45) is 2.64. The SMILES string of the molecule is CCNC(=NCc1csc(N(C)C)n1)NCCCN1CCCC1=O.I. The molecule has 0 unspecified atom stereocenters. The number of aromatic nitrogens is 1. The van der Waals surface area contributed by atoms with Crippen molar-refractivity contribution in [2.75, 3.05) is 45.2 Å². The molecular weight excluding hydrogens is 451 g/mol. The van der Waals surface area contributed by atoms with E-state index in [4.69, 9.17) is 0 Å². The molecule has 1 aromatic heterocycles. The molecule has 1 amide bonds. The van der Waals surface area contributed by atoms with Crippen molar-refractivity contribution in [3.05, 3.63) is 11.1 Å². The fraction of sp³-hybridized carbons (Fsp3) is 0.688. The lowest BCUT2D eigenvalue weighted by atomic mass is 10.4. The van der Waals surface area contributed by atoms with E-state index in [9.17, 15) is 4.79 Å². The van der Waals surface area contributed by atoms with Crippen LogP contribution in [0.2, 0.25) is 0 Å². The Kier molecular flexibility index (Phi) is 10.1. The molecule has 0 bridgehead atoms. The number of guanidine groups is 1. The van der Waals surface area contributed by atoms with Crippen molar-refractivity contribution in [1.29, 1.82) is 0 Å². The predicted octanol–water partition coefficient (Wildman–Crippen LogP) is 1.89. The number of likely N-dealkylation sites (tertiary alicyclic amines) is 1. The Labute approximate surface area is 171 Å². The highest BCUT2D eigenvalue weighted by atomic mass is 127. The van der Waals surface area contributed by atoms with Crippen molar-refractivity contribution < 1.29 is 4.79 Å². The molecule has 0 radical (unpaired) electrons. The minimum Gasteiger partial charge on any atom is -0.357 e. The van der Waals surface area contributed by atoms with Gasteiger partial charge in [-0.05, 0) is 19.8 Å². The van der Waals surface area contributed by atoms with Crippen molar-refractivity contribution in [2.24, 2.45) is 4.99 Å². The average molecular weight is 480 g/mol. The molecular formula is C16H29IN6OS. The van der Waals surface area contributed by atoms with Crippen molar-refractivity contribution in [2.45, 2.75) is 32.7 Å². The summed E-state index contributed by atoms with van der Waals surface area (Å²) in [5, 5.41) is 9.61. The van der Waals surface area contributed by atoms with Gasteiger partial charge < -0.3 is 20.4 Å². The Morgan fingerprint density at radius 3 is 2.84 bits per heavy atom. The molecule has 0 saturated carbocycles. The molecule has 0 atom stereocenters. The zero-order valence-electron chi connectivity index (χ0n) is 15.2. The summed E-state index contributed by atoms with van der Waals surface area (Å²) in [6, 6.07) is 0. The molecule has 0 aliphatic carbocycles. The van der Waals surface area contributed by atoms with Crippen LogP contribution in [-0.2, 0) is 11.3 Å². The first-order valence-corrected chi connectivity index (χ1v) is 9.39. The summed E-state index contributed by atoms with van der Waals surface area (Å²) >= 11 is 1.63. The third-order valence-corrected chi connectivity index (χ3v) is 4.79. The molecule has 7 nitrogen and oxygen atoms in total. The van der Waals surface area contributed by atoms with E-state index in [0.29, 0.717) is 13.0 Å². The second-order valence-electron chi connectivity index (χ2n) is 5.98. The predicted molar refractivity (Wildman–Crippen MR) is 115 cm³/mol.